The molecule has 2 amide bonds. The predicted molar refractivity (Wildman–Crippen MR) is 90.4 cm³/mol. The number of nitrogens with one attached hydrogen (secondary N) is 2. The van der Waals surface area contributed by atoms with E-state index in [0.29, 0.717) is 5.13 Å². The summed E-state index contributed by atoms with van der Waals surface area (Å²) in [7, 11) is 0. The van der Waals surface area contributed by atoms with Crippen molar-refractivity contribution in [1.82, 2.24) is 9.88 Å². The van der Waals surface area contributed by atoms with Gasteiger partial charge in [0.15, 0.2) is 5.13 Å². The van der Waals surface area contributed by atoms with Crippen molar-refractivity contribution < 1.29 is 9.59 Å². The van der Waals surface area contributed by atoms with Crippen molar-refractivity contribution in [3.05, 3.63) is 41.9 Å². The number of thiazole rings is 1. The first-order valence-corrected chi connectivity index (χ1v) is 8.39. The van der Waals surface area contributed by atoms with Crippen LogP contribution >= 0.6 is 11.3 Å². The molecule has 2 aromatic rings. The van der Waals surface area contributed by atoms with E-state index in [0.717, 1.165) is 25.1 Å². The average molecular weight is 330 g/mol. The summed E-state index contributed by atoms with van der Waals surface area (Å²) in [5.41, 5.74) is 0.764. The van der Waals surface area contributed by atoms with Crippen molar-refractivity contribution in [2.24, 2.45) is 0 Å². The zero-order valence-electron chi connectivity index (χ0n) is 12.6. The normalized spacial score (nSPS) is 17.8. The Bertz CT molecular complexity index is 660. The van der Waals surface area contributed by atoms with Gasteiger partial charge in [-0.25, -0.2) is 4.98 Å². The molecule has 0 saturated carbocycles. The lowest BCUT2D eigenvalue weighted by Crippen LogP contribution is -2.43. The number of aromatic nitrogens is 1. The molecule has 3 rings (SSSR count). The largest absolute Gasteiger partial charge is 0.325 e. The van der Waals surface area contributed by atoms with E-state index in [1.807, 2.05) is 40.6 Å². The molecule has 2 heterocycles. The molecule has 2 N–H and O–H groups in total. The van der Waals surface area contributed by atoms with Gasteiger partial charge in [0.25, 0.3) is 0 Å². The summed E-state index contributed by atoms with van der Waals surface area (Å²) in [6.07, 6.45) is 3.32. The Morgan fingerprint density at radius 3 is 2.83 bits per heavy atom. The number of hydrogen-bond donors (Lipinski definition) is 2. The second-order valence-electron chi connectivity index (χ2n) is 5.37. The maximum Gasteiger partial charge on any atom is 0.243 e. The standard InChI is InChI=1S/C16H18N4O2S/c21-14(18-12-5-2-1-3-6-12)11-20-9-4-7-13(20)15(22)19-16-17-8-10-23-16/h1-3,5-6,8,10,13H,4,7,9,11H2,(H,18,21)(H,17,19,22). The molecule has 0 spiro atoms. The van der Waals surface area contributed by atoms with E-state index in [9.17, 15) is 9.59 Å². The molecule has 6 nitrogen and oxygen atoms in total. The summed E-state index contributed by atoms with van der Waals surface area (Å²) >= 11 is 1.39. The van der Waals surface area contributed by atoms with E-state index in [1.54, 1.807) is 6.20 Å². The van der Waals surface area contributed by atoms with Crippen molar-refractivity contribution >= 4 is 34.0 Å². The summed E-state index contributed by atoms with van der Waals surface area (Å²) in [4.78, 5) is 30.5. The average Bonchev–Trinajstić information content (AvgIpc) is 3.20. The highest BCUT2D eigenvalue weighted by Gasteiger charge is 2.32. The maximum absolute atomic E-state index is 12.3. The molecule has 0 radical (unpaired) electrons. The van der Waals surface area contributed by atoms with E-state index >= 15 is 0 Å². The van der Waals surface area contributed by atoms with Gasteiger partial charge < -0.3 is 10.6 Å². The SMILES string of the molecule is O=C(CN1CCCC1C(=O)Nc1nccs1)Nc1ccccc1. The van der Waals surface area contributed by atoms with Gasteiger partial charge in [-0.05, 0) is 31.5 Å². The lowest BCUT2D eigenvalue weighted by Gasteiger charge is -2.22. The topological polar surface area (TPSA) is 74.3 Å². The molecule has 23 heavy (non-hydrogen) atoms. The summed E-state index contributed by atoms with van der Waals surface area (Å²) < 4.78 is 0. The van der Waals surface area contributed by atoms with Gasteiger partial charge in [0.05, 0.1) is 12.6 Å². The van der Waals surface area contributed by atoms with E-state index < -0.39 is 0 Å². The Morgan fingerprint density at radius 1 is 1.26 bits per heavy atom. The van der Waals surface area contributed by atoms with Gasteiger partial charge in [0.1, 0.15) is 0 Å². The highest BCUT2D eigenvalue weighted by molar-refractivity contribution is 7.13. The number of benzene rings is 1. The zero-order valence-corrected chi connectivity index (χ0v) is 13.4. The van der Waals surface area contributed by atoms with Gasteiger partial charge in [0.2, 0.25) is 11.8 Å². The first kappa shape index (κ1) is 15.6. The number of nitrogens with zero attached hydrogens (tertiary/aromatic N) is 2. The Morgan fingerprint density at radius 2 is 2.09 bits per heavy atom. The van der Waals surface area contributed by atoms with Crippen molar-refractivity contribution in [3.8, 4) is 0 Å². The van der Waals surface area contributed by atoms with Crippen LogP contribution in [0.5, 0.6) is 0 Å². The van der Waals surface area contributed by atoms with E-state index in [2.05, 4.69) is 15.6 Å². The van der Waals surface area contributed by atoms with Crippen LogP contribution in [0.1, 0.15) is 12.8 Å². The molecule has 1 aromatic carbocycles. The van der Waals surface area contributed by atoms with Crippen LogP contribution in [0.4, 0.5) is 10.8 Å². The van der Waals surface area contributed by atoms with Gasteiger partial charge in [-0.2, -0.15) is 0 Å². The van der Waals surface area contributed by atoms with Gasteiger partial charge >= 0.3 is 0 Å². The molecule has 0 bridgehead atoms. The van der Waals surface area contributed by atoms with Gasteiger partial charge in [-0.15, -0.1) is 11.3 Å². The molecular formula is C16H18N4O2S. The van der Waals surface area contributed by atoms with Crippen molar-refractivity contribution in [1.29, 1.82) is 0 Å². The fraction of sp³-hybridized carbons (Fsp3) is 0.312. The van der Waals surface area contributed by atoms with Crippen LogP contribution in [-0.4, -0.2) is 40.8 Å². The summed E-state index contributed by atoms with van der Waals surface area (Å²) in [6.45, 7) is 0.961. The van der Waals surface area contributed by atoms with Crippen molar-refractivity contribution in [2.45, 2.75) is 18.9 Å². The minimum Gasteiger partial charge on any atom is -0.325 e. The van der Waals surface area contributed by atoms with Gasteiger partial charge in [0, 0.05) is 17.3 Å². The summed E-state index contributed by atoms with van der Waals surface area (Å²) in [5, 5.41) is 8.07. The molecule has 1 unspecified atom stereocenters. The highest BCUT2D eigenvalue weighted by atomic mass is 32.1. The number of carbonyl (C=O) groups excluding carboxylic acids is 2. The van der Waals surface area contributed by atoms with Crippen LogP contribution in [0, 0.1) is 0 Å². The Balaban J connectivity index is 1.56. The lowest BCUT2D eigenvalue weighted by atomic mass is 10.2. The third-order valence-electron chi connectivity index (χ3n) is 3.73. The number of amides is 2. The lowest BCUT2D eigenvalue weighted by molar-refractivity contribution is -0.122. The van der Waals surface area contributed by atoms with Crippen LogP contribution in [0.25, 0.3) is 0 Å². The molecular weight excluding hydrogens is 312 g/mol. The van der Waals surface area contributed by atoms with Crippen LogP contribution in [0.15, 0.2) is 41.9 Å². The number of rotatable bonds is 5. The summed E-state index contributed by atoms with van der Waals surface area (Å²) in [6, 6.07) is 9.05. The molecule has 1 aliphatic heterocycles. The predicted octanol–water partition coefficient (Wildman–Crippen LogP) is 2.18. The van der Waals surface area contributed by atoms with Crippen LogP contribution in [0.3, 0.4) is 0 Å². The highest BCUT2D eigenvalue weighted by Crippen LogP contribution is 2.20. The number of carbonyl (C=O) groups is 2. The molecule has 1 atom stereocenters. The number of para-hydroxylation sites is 1. The van der Waals surface area contributed by atoms with Crippen LogP contribution < -0.4 is 10.6 Å². The fourth-order valence-electron chi connectivity index (χ4n) is 2.69. The van der Waals surface area contributed by atoms with Gasteiger partial charge in [-0.3, -0.25) is 14.5 Å². The maximum atomic E-state index is 12.3. The smallest absolute Gasteiger partial charge is 0.243 e. The number of anilines is 2. The minimum atomic E-state index is -0.277. The third kappa shape index (κ3) is 4.14. The molecule has 1 fully saturated rings. The quantitative estimate of drug-likeness (QED) is 0.881. The summed E-state index contributed by atoms with van der Waals surface area (Å²) in [5.74, 6) is -0.199. The molecule has 120 valence electrons. The molecule has 1 aromatic heterocycles. The Kier molecular flexibility index (Phi) is 4.99. The fourth-order valence-corrected chi connectivity index (χ4v) is 3.22. The van der Waals surface area contributed by atoms with Crippen LogP contribution in [-0.2, 0) is 9.59 Å². The molecule has 1 saturated heterocycles. The number of hydrogen-bond acceptors (Lipinski definition) is 5. The van der Waals surface area contributed by atoms with Crippen molar-refractivity contribution in [3.63, 3.8) is 0 Å². The Hall–Kier alpha value is -2.25. The first-order valence-electron chi connectivity index (χ1n) is 7.52. The van der Waals surface area contributed by atoms with Gasteiger partial charge in [-0.1, -0.05) is 18.2 Å². The molecule has 7 heteroatoms. The zero-order chi connectivity index (χ0) is 16.1. The minimum absolute atomic E-state index is 0.0926. The number of likely N-dealkylation sites (tertiary alicyclic amines) is 1. The molecule has 1 aliphatic rings. The monoisotopic (exact) mass is 330 g/mol. The van der Waals surface area contributed by atoms with E-state index in [1.165, 1.54) is 11.3 Å². The van der Waals surface area contributed by atoms with E-state index in [4.69, 9.17) is 0 Å². The van der Waals surface area contributed by atoms with E-state index in [-0.39, 0.29) is 24.4 Å². The van der Waals surface area contributed by atoms with Crippen LogP contribution in [0.2, 0.25) is 0 Å². The second-order valence-corrected chi connectivity index (χ2v) is 6.26. The Labute approximate surface area is 138 Å². The second kappa shape index (κ2) is 7.34. The van der Waals surface area contributed by atoms with Crippen molar-refractivity contribution in [2.75, 3.05) is 23.7 Å². The molecule has 0 aliphatic carbocycles. The third-order valence-corrected chi connectivity index (χ3v) is 4.42. The first-order chi connectivity index (χ1) is 11.2.